The van der Waals surface area contributed by atoms with E-state index in [9.17, 15) is 4.79 Å². The number of nitrogens with zero attached hydrogens (tertiary/aromatic N) is 4. The molecule has 3 rings (SSSR count). The van der Waals surface area contributed by atoms with Gasteiger partial charge in [0, 0.05) is 24.5 Å². The summed E-state index contributed by atoms with van der Waals surface area (Å²) in [6.07, 6.45) is 5.73. The first-order chi connectivity index (χ1) is 9.72. The van der Waals surface area contributed by atoms with Crippen LogP contribution in [0.3, 0.4) is 0 Å². The van der Waals surface area contributed by atoms with Gasteiger partial charge in [-0.05, 0) is 37.4 Å². The van der Waals surface area contributed by atoms with Crippen LogP contribution in [0.15, 0.2) is 33.7 Å². The molecule has 3 heterocycles. The molecule has 2 aromatic heterocycles. The van der Waals surface area contributed by atoms with Crippen molar-refractivity contribution >= 4 is 0 Å². The minimum Gasteiger partial charge on any atom is -0.388 e. The first-order valence-corrected chi connectivity index (χ1v) is 6.93. The van der Waals surface area contributed by atoms with Crippen LogP contribution < -0.4 is 5.76 Å². The van der Waals surface area contributed by atoms with Crippen LogP contribution in [0.5, 0.6) is 0 Å². The van der Waals surface area contributed by atoms with Crippen LogP contribution in [0, 0.1) is 5.92 Å². The van der Waals surface area contributed by atoms with Crippen molar-refractivity contribution in [2.75, 3.05) is 13.1 Å². The number of hydrogen-bond donors (Lipinski definition) is 0. The topological polar surface area (TPSA) is 64.2 Å². The number of pyridine rings is 1. The van der Waals surface area contributed by atoms with E-state index < -0.39 is 5.76 Å². The second-order valence-corrected chi connectivity index (χ2v) is 5.37. The Labute approximate surface area is 117 Å². The molecule has 6 nitrogen and oxygen atoms in total. The smallest absolute Gasteiger partial charge is 0.388 e. The van der Waals surface area contributed by atoms with Gasteiger partial charge in [0.25, 0.3) is 0 Å². The number of piperidine rings is 1. The van der Waals surface area contributed by atoms with E-state index in [0.717, 1.165) is 18.7 Å². The van der Waals surface area contributed by atoms with Gasteiger partial charge in [0.05, 0.1) is 0 Å². The van der Waals surface area contributed by atoms with E-state index in [-0.39, 0.29) is 0 Å². The zero-order valence-electron chi connectivity index (χ0n) is 11.5. The van der Waals surface area contributed by atoms with E-state index in [1.54, 1.807) is 24.5 Å². The summed E-state index contributed by atoms with van der Waals surface area (Å²) >= 11 is 0. The lowest BCUT2D eigenvalue weighted by Crippen LogP contribution is -2.38. The standard InChI is InChI=1S/C14H18N4O2/c1-11-3-2-8-17(9-11)10-18-14(19)20-13(16-18)12-4-6-15-7-5-12/h4-7,11H,2-3,8-10H2,1H3. The maximum atomic E-state index is 11.9. The van der Waals surface area contributed by atoms with Crippen molar-refractivity contribution in [3.63, 3.8) is 0 Å². The number of rotatable bonds is 3. The van der Waals surface area contributed by atoms with Gasteiger partial charge in [-0.25, -0.2) is 4.79 Å². The molecule has 1 atom stereocenters. The molecule has 1 aliphatic rings. The van der Waals surface area contributed by atoms with Gasteiger partial charge in [0.2, 0.25) is 5.89 Å². The van der Waals surface area contributed by atoms with Crippen LogP contribution in [-0.2, 0) is 6.67 Å². The fourth-order valence-corrected chi connectivity index (χ4v) is 2.61. The molecule has 1 unspecified atom stereocenters. The zero-order valence-corrected chi connectivity index (χ0v) is 11.5. The molecule has 0 radical (unpaired) electrons. The third-order valence-electron chi connectivity index (χ3n) is 3.61. The molecule has 0 aromatic carbocycles. The molecule has 0 saturated carbocycles. The van der Waals surface area contributed by atoms with E-state index in [1.807, 2.05) is 0 Å². The van der Waals surface area contributed by atoms with Gasteiger partial charge >= 0.3 is 5.76 Å². The Hall–Kier alpha value is -1.95. The highest BCUT2D eigenvalue weighted by molar-refractivity contribution is 5.50. The minimum atomic E-state index is -0.407. The third kappa shape index (κ3) is 2.80. The largest absolute Gasteiger partial charge is 0.438 e. The molecular weight excluding hydrogens is 256 g/mol. The lowest BCUT2D eigenvalue weighted by Gasteiger charge is -2.29. The molecule has 6 heteroatoms. The van der Waals surface area contributed by atoms with Crippen molar-refractivity contribution in [2.45, 2.75) is 26.4 Å². The molecular formula is C14H18N4O2. The quantitative estimate of drug-likeness (QED) is 0.850. The molecule has 1 saturated heterocycles. The highest BCUT2D eigenvalue weighted by Crippen LogP contribution is 2.16. The van der Waals surface area contributed by atoms with E-state index in [1.165, 1.54) is 17.5 Å². The third-order valence-corrected chi connectivity index (χ3v) is 3.61. The maximum absolute atomic E-state index is 11.9. The monoisotopic (exact) mass is 274 g/mol. The molecule has 0 spiro atoms. The van der Waals surface area contributed by atoms with E-state index >= 15 is 0 Å². The van der Waals surface area contributed by atoms with Crippen molar-refractivity contribution < 1.29 is 4.42 Å². The van der Waals surface area contributed by atoms with Crippen molar-refractivity contribution in [1.82, 2.24) is 19.7 Å². The average Bonchev–Trinajstić information content (AvgIpc) is 2.81. The molecule has 1 fully saturated rings. The summed E-state index contributed by atoms with van der Waals surface area (Å²) in [7, 11) is 0. The number of likely N-dealkylation sites (tertiary alicyclic amines) is 1. The lowest BCUT2D eigenvalue weighted by molar-refractivity contribution is 0.135. The van der Waals surface area contributed by atoms with Gasteiger partial charge in [-0.15, -0.1) is 5.10 Å². The molecule has 1 aliphatic heterocycles. The Kier molecular flexibility index (Phi) is 3.64. The number of aromatic nitrogens is 3. The molecule has 106 valence electrons. The fraction of sp³-hybridized carbons (Fsp3) is 0.500. The van der Waals surface area contributed by atoms with Gasteiger partial charge in [-0.2, -0.15) is 4.68 Å². The van der Waals surface area contributed by atoms with E-state index in [2.05, 4.69) is 21.9 Å². The summed E-state index contributed by atoms with van der Waals surface area (Å²) in [5.74, 6) is 0.614. The number of hydrogen-bond acceptors (Lipinski definition) is 5. The molecule has 2 aromatic rings. The van der Waals surface area contributed by atoms with Gasteiger partial charge < -0.3 is 4.42 Å². The summed E-state index contributed by atoms with van der Waals surface area (Å²) in [6, 6.07) is 3.55. The van der Waals surface area contributed by atoms with Crippen LogP contribution in [0.25, 0.3) is 11.5 Å². The van der Waals surface area contributed by atoms with Crippen LogP contribution in [0.1, 0.15) is 19.8 Å². The maximum Gasteiger partial charge on any atom is 0.438 e. The SMILES string of the molecule is CC1CCCN(Cn2nc(-c3ccncc3)oc2=O)C1. The van der Waals surface area contributed by atoms with Gasteiger partial charge in [0.1, 0.15) is 6.67 Å². The molecule has 0 aliphatic carbocycles. The molecule has 0 bridgehead atoms. The Morgan fingerprint density at radius 1 is 1.40 bits per heavy atom. The Morgan fingerprint density at radius 2 is 2.20 bits per heavy atom. The minimum absolute atomic E-state index is 0.349. The highest BCUT2D eigenvalue weighted by atomic mass is 16.4. The van der Waals surface area contributed by atoms with E-state index in [0.29, 0.717) is 18.5 Å². The van der Waals surface area contributed by atoms with Crippen LogP contribution in [0.2, 0.25) is 0 Å². The van der Waals surface area contributed by atoms with Gasteiger partial charge in [0.15, 0.2) is 0 Å². The Balaban J connectivity index is 1.78. The van der Waals surface area contributed by atoms with Gasteiger partial charge in [-0.1, -0.05) is 6.92 Å². The summed E-state index contributed by atoms with van der Waals surface area (Å²) in [4.78, 5) is 18.0. The van der Waals surface area contributed by atoms with Gasteiger partial charge in [-0.3, -0.25) is 9.88 Å². The zero-order chi connectivity index (χ0) is 13.9. The molecule has 20 heavy (non-hydrogen) atoms. The van der Waals surface area contributed by atoms with E-state index in [4.69, 9.17) is 4.42 Å². The first-order valence-electron chi connectivity index (χ1n) is 6.93. The Morgan fingerprint density at radius 3 is 2.95 bits per heavy atom. The predicted octanol–water partition coefficient (Wildman–Crippen LogP) is 1.59. The summed E-state index contributed by atoms with van der Waals surface area (Å²) in [5, 5.41) is 4.27. The second-order valence-electron chi connectivity index (χ2n) is 5.37. The average molecular weight is 274 g/mol. The first kappa shape index (κ1) is 13.1. The normalized spacial score (nSPS) is 20.1. The van der Waals surface area contributed by atoms with Crippen LogP contribution >= 0.6 is 0 Å². The summed E-state index contributed by atoms with van der Waals surface area (Å²) in [6.45, 7) is 4.75. The second kappa shape index (κ2) is 5.58. The van der Waals surface area contributed by atoms with Crippen LogP contribution in [0.4, 0.5) is 0 Å². The molecule has 0 N–H and O–H groups in total. The predicted molar refractivity (Wildman–Crippen MR) is 74.0 cm³/mol. The highest BCUT2D eigenvalue weighted by Gasteiger charge is 2.18. The van der Waals surface area contributed by atoms with Crippen molar-refractivity contribution in [3.05, 3.63) is 35.1 Å². The summed E-state index contributed by atoms with van der Waals surface area (Å²) < 4.78 is 6.61. The van der Waals surface area contributed by atoms with Crippen LogP contribution in [-0.4, -0.2) is 32.8 Å². The summed E-state index contributed by atoms with van der Waals surface area (Å²) in [5.41, 5.74) is 0.767. The lowest BCUT2D eigenvalue weighted by atomic mass is 10.0. The molecule has 0 amide bonds. The van der Waals surface area contributed by atoms with Crippen molar-refractivity contribution in [1.29, 1.82) is 0 Å². The van der Waals surface area contributed by atoms with Crippen molar-refractivity contribution in [2.24, 2.45) is 5.92 Å². The Bertz CT molecular complexity index is 620. The fourth-order valence-electron chi connectivity index (χ4n) is 2.61. The van der Waals surface area contributed by atoms with Crippen molar-refractivity contribution in [3.8, 4) is 11.5 Å².